The van der Waals surface area contributed by atoms with Crippen LogP contribution < -0.4 is 10.9 Å². The molecule has 3 rings (SSSR count). The highest BCUT2D eigenvalue weighted by atomic mass is 19.1. The van der Waals surface area contributed by atoms with Gasteiger partial charge in [0.15, 0.2) is 0 Å². The number of rotatable bonds is 6. The molecule has 0 unspecified atom stereocenters. The van der Waals surface area contributed by atoms with Gasteiger partial charge in [0.05, 0.1) is 12.2 Å². The maximum Gasteiger partial charge on any atom is 0.258 e. The Morgan fingerprint density at radius 1 is 1.19 bits per heavy atom. The van der Waals surface area contributed by atoms with Gasteiger partial charge in [-0.05, 0) is 30.8 Å². The lowest BCUT2D eigenvalue weighted by molar-refractivity contribution is -0.117. The van der Waals surface area contributed by atoms with Crippen LogP contribution in [0, 0.1) is 11.6 Å². The van der Waals surface area contributed by atoms with Gasteiger partial charge in [0.1, 0.15) is 23.0 Å². The summed E-state index contributed by atoms with van der Waals surface area (Å²) in [5, 5.41) is 2.25. The van der Waals surface area contributed by atoms with Crippen LogP contribution in [-0.2, 0) is 11.3 Å². The molecule has 0 saturated carbocycles. The van der Waals surface area contributed by atoms with Crippen LogP contribution in [0.4, 0.5) is 14.5 Å². The van der Waals surface area contributed by atoms with Crippen molar-refractivity contribution < 1.29 is 13.6 Å². The van der Waals surface area contributed by atoms with E-state index in [-0.39, 0.29) is 18.6 Å². The number of carbonyl (C=O) groups excluding carboxylic acids is 1. The molecule has 1 aromatic carbocycles. The van der Waals surface area contributed by atoms with Crippen molar-refractivity contribution in [2.75, 3.05) is 18.4 Å². The number of anilines is 1. The third kappa shape index (κ3) is 4.35. The molecule has 0 radical (unpaired) electrons. The average molecular weight is 372 g/mol. The van der Waals surface area contributed by atoms with E-state index in [0.717, 1.165) is 12.1 Å². The number of amides is 1. The summed E-state index contributed by atoms with van der Waals surface area (Å²) in [5.41, 5.74) is 0.331. The SMILES string of the molecule is CCN(CC(=O)Nc1c(F)cccc1F)Cc1cc(=O)n2ccccc2n1. The highest BCUT2D eigenvalue weighted by Crippen LogP contribution is 2.17. The number of nitrogens with zero attached hydrogens (tertiary/aromatic N) is 3. The van der Waals surface area contributed by atoms with Crippen LogP contribution in [0.25, 0.3) is 5.65 Å². The van der Waals surface area contributed by atoms with Gasteiger partial charge in [-0.25, -0.2) is 13.8 Å². The minimum atomic E-state index is -0.837. The first-order valence-corrected chi connectivity index (χ1v) is 8.41. The Balaban J connectivity index is 1.72. The molecule has 0 saturated heterocycles. The van der Waals surface area contributed by atoms with E-state index in [4.69, 9.17) is 0 Å². The second kappa shape index (κ2) is 8.05. The van der Waals surface area contributed by atoms with Gasteiger partial charge >= 0.3 is 0 Å². The van der Waals surface area contributed by atoms with Gasteiger partial charge in [-0.2, -0.15) is 0 Å². The van der Waals surface area contributed by atoms with E-state index in [2.05, 4.69) is 10.3 Å². The van der Waals surface area contributed by atoms with E-state index in [1.165, 1.54) is 16.5 Å². The fourth-order valence-electron chi connectivity index (χ4n) is 2.69. The van der Waals surface area contributed by atoms with Crippen LogP contribution in [0.15, 0.2) is 53.5 Å². The van der Waals surface area contributed by atoms with Crippen molar-refractivity contribution in [1.82, 2.24) is 14.3 Å². The Kier molecular flexibility index (Phi) is 5.56. The largest absolute Gasteiger partial charge is 0.320 e. The van der Waals surface area contributed by atoms with Gasteiger partial charge < -0.3 is 5.32 Å². The number of benzene rings is 1. The first kappa shape index (κ1) is 18.7. The number of nitrogens with one attached hydrogen (secondary N) is 1. The van der Waals surface area contributed by atoms with Crippen molar-refractivity contribution in [1.29, 1.82) is 0 Å². The number of pyridine rings is 1. The number of fused-ring (bicyclic) bond motifs is 1. The molecule has 0 aliphatic heterocycles. The van der Waals surface area contributed by atoms with Gasteiger partial charge in [-0.3, -0.25) is 18.9 Å². The van der Waals surface area contributed by atoms with E-state index in [1.54, 1.807) is 29.3 Å². The number of hydrogen-bond donors (Lipinski definition) is 1. The van der Waals surface area contributed by atoms with Crippen molar-refractivity contribution in [3.05, 3.63) is 76.3 Å². The molecule has 2 heterocycles. The summed E-state index contributed by atoms with van der Waals surface area (Å²) in [5.74, 6) is -2.23. The third-order valence-electron chi connectivity index (χ3n) is 4.05. The van der Waals surface area contributed by atoms with E-state index < -0.39 is 23.2 Å². The number of para-hydroxylation sites is 1. The Labute approximate surface area is 154 Å². The van der Waals surface area contributed by atoms with Crippen LogP contribution in [-0.4, -0.2) is 33.3 Å². The third-order valence-corrected chi connectivity index (χ3v) is 4.05. The Morgan fingerprint density at radius 3 is 2.63 bits per heavy atom. The molecule has 2 aromatic heterocycles. The maximum absolute atomic E-state index is 13.7. The lowest BCUT2D eigenvalue weighted by atomic mass is 10.3. The number of aromatic nitrogens is 2. The van der Waals surface area contributed by atoms with Crippen LogP contribution in [0.2, 0.25) is 0 Å². The molecule has 0 bridgehead atoms. The van der Waals surface area contributed by atoms with Crippen molar-refractivity contribution in [3.8, 4) is 0 Å². The molecule has 3 aromatic rings. The Morgan fingerprint density at radius 2 is 1.93 bits per heavy atom. The lowest BCUT2D eigenvalue weighted by Gasteiger charge is -2.19. The standard InChI is InChI=1S/C19H18F2N4O2/c1-2-24(12-17(26)23-19-14(20)6-5-7-15(19)21)11-13-10-18(27)25-9-4-3-8-16(25)22-13/h3-10H,2,11-12H2,1H3,(H,23,26). The molecular weight excluding hydrogens is 354 g/mol. The number of hydrogen-bond acceptors (Lipinski definition) is 4. The molecule has 6 nitrogen and oxygen atoms in total. The average Bonchev–Trinajstić information content (AvgIpc) is 2.64. The predicted octanol–water partition coefficient (Wildman–Crippen LogP) is 2.43. The quantitative estimate of drug-likeness (QED) is 0.722. The molecule has 0 fully saturated rings. The van der Waals surface area contributed by atoms with Gasteiger partial charge in [0.2, 0.25) is 5.91 Å². The zero-order valence-electron chi connectivity index (χ0n) is 14.7. The Hall–Kier alpha value is -3.13. The number of carbonyl (C=O) groups is 1. The lowest BCUT2D eigenvalue weighted by Crippen LogP contribution is -2.34. The molecule has 1 N–H and O–H groups in total. The van der Waals surface area contributed by atoms with Crippen molar-refractivity contribution in [3.63, 3.8) is 0 Å². The molecule has 1 amide bonds. The first-order valence-electron chi connectivity index (χ1n) is 8.41. The molecule has 140 valence electrons. The molecule has 0 aliphatic rings. The zero-order chi connectivity index (χ0) is 19.4. The second-order valence-electron chi connectivity index (χ2n) is 5.96. The van der Waals surface area contributed by atoms with E-state index in [0.29, 0.717) is 17.9 Å². The van der Waals surface area contributed by atoms with Crippen LogP contribution >= 0.6 is 0 Å². The fraction of sp³-hybridized carbons (Fsp3) is 0.211. The molecular formula is C19H18F2N4O2. The van der Waals surface area contributed by atoms with Gasteiger partial charge in [0.25, 0.3) is 5.56 Å². The van der Waals surface area contributed by atoms with Gasteiger partial charge in [0, 0.05) is 18.8 Å². The highest BCUT2D eigenvalue weighted by molar-refractivity contribution is 5.92. The summed E-state index contributed by atoms with van der Waals surface area (Å²) in [6, 6.07) is 10.0. The summed E-state index contributed by atoms with van der Waals surface area (Å²) in [6.07, 6.45) is 1.63. The maximum atomic E-state index is 13.7. The minimum Gasteiger partial charge on any atom is -0.320 e. The van der Waals surface area contributed by atoms with E-state index >= 15 is 0 Å². The molecule has 27 heavy (non-hydrogen) atoms. The highest BCUT2D eigenvalue weighted by Gasteiger charge is 2.15. The van der Waals surface area contributed by atoms with Gasteiger partial charge in [-0.15, -0.1) is 0 Å². The van der Waals surface area contributed by atoms with Crippen molar-refractivity contribution >= 4 is 17.2 Å². The van der Waals surface area contributed by atoms with Gasteiger partial charge in [-0.1, -0.05) is 19.1 Å². The molecule has 0 spiro atoms. The van der Waals surface area contributed by atoms with Crippen molar-refractivity contribution in [2.45, 2.75) is 13.5 Å². The predicted molar refractivity (Wildman–Crippen MR) is 97.4 cm³/mol. The normalized spacial score (nSPS) is 11.1. The summed E-state index contributed by atoms with van der Waals surface area (Å²) in [4.78, 5) is 30.5. The zero-order valence-corrected chi connectivity index (χ0v) is 14.7. The minimum absolute atomic E-state index is 0.0971. The van der Waals surface area contributed by atoms with E-state index in [9.17, 15) is 18.4 Å². The summed E-state index contributed by atoms with van der Waals surface area (Å²) >= 11 is 0. The van der Waals surface area contributed by atoms with E-state index in [1.807, 2.05) is 6.92 Å². The summed E-state index contributed by atoms with van der Waals surface area (Å²) in [7, 11) is 0. The Bertz CT molecular complexity index is 1020. The van der Waals surface area contributed by atoms with Crippen molar-refractivity contribution in [2.24, 2.45) is 0 Å². The first-order chi connectivity index (χ1) is 13.0. The smallest absolute Gasteiger partial charge is 0.258 e. The number of likely N-dealkylation sites (N-methyl/N-ethyl adjacent to an activating group) is 1. The monoisotopic (exact) mass is 372 g/mol. The summed E-state index contributed by atoms with van der Waals surface area (Å²) in [6.45, 7) is 2.48. The molecule has 0 aliphatic carbocycles. The fourth-order valence-corrected chi connectivity index (χ4v) is 2.69. The molecule has 0 atom stereocenters. The topological polar surface area (TPSA) is 66.7 Å². The number of halogens is 2. The molecule has 8 heteroatoms. The van der Waals surface area contributed by atoms with Crippen LogP contribution in [0.1, 0.15) is 12.6 Å². The van der Waals surface area contributed by atoms with Crippen LogP contribution in [0.5, 0.6) is 0 Å². The van der Waals surface area contributed by atoms with Crippen LogP contribution in [0.3, 0.4) is 0 Å². The second-order valence-corrected chi connectivity index (χ2v) is 5.96. The summed E-state index contributed by atoms with van der Waals surface area (Å²) < 4.78 is 28.7.